The number of pyridine rings is 1. The number of carbonyl (C=O) groups is 2. The Morgan fingerprint density at radius 1 is 1.03 bits per heavy atom. The Labute approximate surface area is 167 Å². The Morgan fingerprint density at radius 3 is 2.52 bits per heavy atom. The molecule has 2 heterocycles. The largest absolute Gasteiger partial charge is 0.468 e. The van der Waals surface area contributed by atoms with Crippen LogP contribution in [-0.4, -0.2) is 25.2 Å². The van der Waals surface area contributed by atoms with Crippen LogP contribution in [0, 0.1) is 6.92 Å². The first-order valence-corrected chi connectivity index (χ1v) is 9.99. The fourth-order valence-corrected chi connectivity index (χ4v) is 3.44. The van der Waals surface area contributed by atoms with Crippen molar-refractivity contribution in [3.63, 3.8) is 0 Å². The lowest BCUT2D eigenvalue weighted by atomic mass is 10.1. The van der Waals surface area contributed by atoms with Gasteiger partial charge in [-0.15, -0.1) is 0 Å². The molecule has 0 fully saturated rings. The number of furan rings is 1. The summed E-state index contributed by atoms with van der Waals surface area (Å²) in [6.07, 6.45) is 2.89. The molecule has 2 aromatic heterocycles. The first-order chi connectivity index (χ1) is 13.9. The standard InChI is InChI=1S/C19H18N4O5S/c1-13-7-8-15(29(26,27)21-12-14-5-4-10-28-14)11-16(13)18(24)22-23-19(25)17-6-2-3-9-20-17/h2-11,21H,12H2,1H3,(H,22,24)(H,23,25). The Kier molecular flexibility index (Phi) is 6.05. The first-order valence-electron chi connectivity index (χ1n) is 8.51. The molecule has 2 amide bonds. The highest BCUT2D eigenvalue weighted by atomic mass is 32.2. The molecular weight excluding hydrogens is 396 g/mol. The molecule has 10 heteroatoms. The molecule has 0 bridgehead atoms. The number of aromatic nitrogens is 1. The summed E-state index contributed by atoms with van der Waals surface area (Å²) in [6.45, 7) is 1.63. The summed E-state index contributed by atoms with van der Waals surface area (Å²) in [7, 11) is -3.87. The number of hydrogen-bond donors (Lipinski definition) is 3. The van der Waals surface area contributed by atoms with Gasteiger partial charge in [-0.25, -0.2) is 13.1 Å². The van der Waals surface area contributed by atoms with Crippen LogP contribution in [-0.2, 0) is 16.6 Å². The van der Waals surface area contributed by atoms with Crippen molar-refractivity contribution in [2.75, 3.05) is 0 Å². The van der Waals surface area contributed by atoms with Crippen molar-refractivity contribution >= 4 is 21.8 Å². The minimum atomic E-state index is -3.87. The molecule has 0 saturated heterocycles. The van der Waals surface area contributed by atoms with Gasteiger partial charge in [-0.05, 0) is 48.9 Å². The van der Waals surface area contributed by atoms with Gasteiger partial charge in [-0.1, -0.05) is 12.1 Å². The molecule has 29 heavy (non-hydrogen) atoms. The van der Waals surface area contributed by atoms with E-state index in [9.17, 15) is 18.0 Å². The highest BCUT2D eigenvalue weighted by Gasteiger charge is 2.19. The van der Waals surface area contributed by atoms with Crippen LogP contribution in [0.5, 0.6) is 0 Å². The zero-order valence-electron chi connectivity index (χ0n) is 15.4. The Balaban J connectivity index is 1.70. The number of benzene rings is 1. The van der Waals surface area contributed by atoms with Gasteiger partial charge in [0.05, 0.1) is 17.7 Å². The van der Waals surface area contributed by atoms with E-state index in [1.165, 1.54) is 36.7 Å². The maximum absolute atomic E-state index is 12.5. The summed E-state index contributed by atoms with van der Waals surface area (Å²) >= 11 is 0. The summed E-state index contributed by atoms with van der Waals surface area (Å²) in [5.74, 6) is -0.800. The summed E-state index contributed by atoms with van der Waals surface area (Å²) in [5, 5.41) is 0. The highest BCUT2D eigenvalue weighted by molar-refractivity contribution is 7.89. The maximum atomic E-state index is 12.5. The lowest BCUT2D eigenvalue weighted by molar-refractivity contribution is 0.0843. The Morgan fingerprint density at radius 2 is 1.83 bits per heavy atom. The van der Waals surface area contributed by atoms with E-state index in [0.29, 0.717) is 11.3 Å². The number of hydrogen-bond acceptors (Lipinski definition) is 6. The molecule has 3 rings (SSSR count). The number of rotatable bonds is 6. The molecule has 0 spiro atoms. The van der Waals surface area contributed by atoms with Crippen LogP contribution in [0.4, 0.5) is 0 Å². The minimum Gasteiger partial charge on any atom is -0.468 e. The SMILES string of the molecule is Cc1ccc(S(=O)(=O)NCc2ccco2)cc1C(=O)NNC(=O)c1ccccn1. The van der Waals surface area contributed by atoms with Crippen LogP contribution < -0.4 is 15.6 Å². The quantitative estimate of drug-likeness (QED) is 0.525. The third-order valence-electron chi connectivity index (χ3n) is 3.97. The molecule has 150 valence electrons. The molecule has 0 aliphatic heterocycles. The van der Waals surface area contributed by atoms with Gasteiger partial charge in [0.1, 0.15) is 11.5 Å². The van der Waals surface area contributed by atoms with Crippen molar-refractivity contribution in [1.82, 2.24) is 20.6 Å². The molecule has 3 N–H and O–H groups in total. The van der Waals surface area contributed by atoms with E-state index >= 15 is 0 Å². The molecule has 0 saturated carbocycles. The average Bonchev–Trinajstić information content (AvgIpc) is 3.25. The summed E-state index contributed by atoms with van der Waals surface area (Å²) in [5.41, 5.74) is 5.28. The molecule has 0 aliphatic rings. The molecular formula is C19H18N4O5S. The third kappa shape index (κ3) is 5.06. The van der Waals surface area contributed by atoms with E-state index in [-0.39, 0.29) is 22.7 Å². The Bertz CT molecular complexity index is 1110. The van der Waals surface area contributed by atoms with Crippen LogP contribution in [0.1, 0.15) is 32.2 Å². The van der Waals surface area contributed by atoms with Crippen LogP contribution >= 0.6 is 0 Å². The lowest BCUT2D eigenvalue weighted by Crippen LogP contribution is -2.42. The van der Waals surface area contributed by atoms with Crippen molar-refractivity contribution in [2.24, 2.45) is 0 Å². The second-order valence-corrected chi connectivity index (χ2v) is 7.77. The molecule has 0 unspecified atom stereocenters. The van der Waals surface area contributed by atoms with Gasteiger partial charge in [-0.3, -0.25) is 25.4 Å². The van der Waals surface area contributed by atoms with Crippen LogP contribution in [0.2, 0.25) is 0 Å². The van der Waals surface area contributed by atoms with Crippen molar-refractivity contribution in [2.45, 2.75) is 18.4 Å². The van der Waals surface area contributed by atoms with E-state index in [4.69, 9.17) is 4.42 Å². The van der Waals surface area contributed by atoms with Gasteiger partial charge < -0.3 is 4.42 Å². The number of aryl methyl sites for hydroxylation is 1. The fraction of sp³-hybridized carbons (Fsp3) is 0.105. The number of hydrazine groups is 1. The number of nitrogens with one attached hydrogen (secondary N) is 3. The van der Waals surface area contributed by atoms with E-state index in [1.54, 1.807) is 31.2 Å². The Hall–Kier alpha value is -3.50. The van der Waals surface area contributed by atoms with Crippen LogP contribution in [0.15, 0.2) is 70.3 Å². The third-order valence-corrected chi connectivity index (χ3v) is 5.37. The van der Waals surface area contributed by atoms with Crippen molar-refractivity contribution < 1.29 is 22.4 Å². The van der Waals surface area contributed by atoms with Crippen LogP contribution in [0.3, 0.4) is 0 Å². The average molecular weight is 414 g/mol. The second-order valence-electron chi connectivity index (χ2n) is 6.00. The van der Waals surface area contributed by atoms with E-state index < -0.39 is 21.8 Å². The summed E-state index contributed by atoms with van der Waals surface area (Å²) < 4.78 is 32.5. The van der Waals surface area contributed by atoms with Gasteiger partial charge >= 0.3 is 0 Å². The summed E-state index contributed by atoms with van der Waals surface area (Å²) in [6, 6.07) is 12.2. The predicted molar refractivity (Wildman–Crippen MR) is 103 cm³/mol. The zero-order chi connectivity index (χ0) is 20.9. The van der Waals surface area contributed by atoms with Crippen LogP contribution in [0.25, 0.3) is 0 Å². The lowest BCUT2D eigenvalue weighted by Gasteiger charge is -2.11. The normalized spacial score (nSPS) is 11.1. The van der Waals surface area contributed by atoms with Crippen molar-refractivity contribution in [1.29, 1.82) is 0 Å². The summed E-state index contributed by atoms with van der Waals surface area (Å²) in [4.78, 5) is 28.2. The molecule has 0 atom stereocenters. The maximum Gasteiger partial charge on any atom is 0.288 e. The molecule has 0 aliphatic carbocycles. The minimum absolute atomic E-state index is 0.0229. The van der Waals surface area contributed by atoms with Crippen molar-refractivity contribution in [3.05, 3.63) is 83.6 Å². The topological polar surface area (TPSA) is 130 Å². The molecule has 3 aromatic rings. The number of carbonyl (C=O) groups excluding carboxylic acids is 2. The number of amides is 2. The molecule has 9 nitrogen and oxygen atoms in total. The van der Waals surface area contributed by atoms with Gasteiger partial charge in [0, 0.05) is 11.8 Å². The second kappa shape index (κ2) is 8.67. The predicted octanol–water partition coefficient (Wildman–Crippen LogP) is 1.54. The highest BCUT2D eigenvalue weighted by Crippen LogP contribution is 2.16. The van der Waals surface area contributed by atoms with E-state index in [0.717, 1.165) is 0 Å². The number of sulfonamides is 1. The fourth-order valence-electron chi connectivity index (χ4n) is 2.42. The molecule has 0 radical (unpaired) electrons. The van der Waals surface area contributed by atoms with Gasteiger partial charge in [0.25, 0.3) is 11.8 Å². The van der Waals surface area contributed by atoms with Gasteiger partial charge in [-0.2, -0.15) is 0 Å². The van der Waals surface area contributed by atoms with Gasteiger partial charge in [0.15, 0.2) is 0 Å². The molecule has 1 aromatic carbocycles. The van der Waals surface area contributed by atoms with E-state index in [2.05, 4.69) is 20.6 Å². The monoisotopic (exact) mass is 414 g/mol. The van der Waals surface area contributed by atoms with E-state index in [1.807, 2.05) is 0 Å². The smallest absolute Gasteiger partial charge is 0.288 e. The zero-order valence-corrected chi connectivity index (χ0v) is 16.2. The first kappa shape index (κ1) is 20.2. The van der Waals surface area contributed by atoms with Crippen molar-refractivity contribution in [3.8, 4) is 0 Å². The van der Waals surface area contributed by atoms with Gasteiger partial charge in [0.2, 0.25) is 10.0 Å². The number of nitrogens with zero attached hydrogens (tertiary/aromatic N) is 1.